The van der Waals surface area contributed by atoms with Gasteiger partial charge in [0.1, 0.15) is 5.56 Å². The van der Waals surface area contributed by atoms with Crippen LogP contribution in [0.25, 0.3) is 0 Å². The van der Waals surface area contributed by atoms with E-state index in [0.717, 1.165) is 11.8 Å². The van der Waals surface area contributed by atoms with E-state index in [1.807, 2.05) is 0 Å². The summed E-state index contributed by atoms with van der Waals surface area (Å²) in [4.78, 5) is 11.3. The lowest BCUT2D eigenvalue weighted by molar-refractivity contribution is 0.0690. The standard InChI is InChI=1S/C15H16Cl2O3/c16-11-5-12(15(18)19)14(13(17)6-11)20-7-10-4-8-1-2-9(10)3-8/h5-6,8-10H,1-4,7H2,(H,18,19). The lowest BCUT2D eigenvalue weighted by atomic mass is 9.89. The first-order chi connectivity index (χ1) is 9.54. The van der Waals surface area contributed by atoms with Crippen LogP contribution in [0.1, 0.15) is 36.0 Å². The van der Waals surface area contributed by atoms with Gasteiger partial charge in [-0.3, -0.25) is 0 Å². The summed E-state index contributed by atoms with van der Waals surface area (Å²) >= 11 is 11.9. The van der Waals surface area contributed by atoms with Crippen molar-refractivity contribution in [3.63, 3.8) is 0 Å². The summed E-state index contributed by atoms with van der Waals surface area (Å²) in [6, 6.07) is 2.90. The number of ether oxygens (including phenoxy) is 1. The minimum absolute atomic E-state index is 0.0330. The number of carboxylic acids is 1. The van der Waals surface area contributed by atoms with Gasteiger partial charge in [-0.15, -0.1) is 0 Å². The minimum Gasteiger partial charge on any atom is -0.491 e. The third-order valence-electron chi connectivity index (χ3n) is 4.57. The van der Waals surface area contributed by atoms with Gasteiger partial charge in [0.05, 0.1) is 11.6 Å². The van der Waals surface area contributed by atoms with Crippen molar-refractivity contribution in [2.75, 3.05) is 6.61 Å². The van der Waals surface area contributed by atoms with Gasteiger partial charge in [0.2, 0.25) is 0 Å². The molecule has 0 spiro atoms. The third kappa shape index (κ3) is 2.61. The number of hydrogen-bond donors (Lipinski definition) is 1. The van der Waals surface area contributed by atoms with E-state index < -0.39 is 5.97 Å². The molecule has 3 unspecified atom stereocenters. The van der Waals surface area contributed by atoms with E-state index in [-0.39, 0.29) is 16.3 Å². The van der Waals surface area contributed by atoms with E-state index in [9.17, 15) is 9.90 Å². The summed E-state index contributed by atoms with van der Waals surface area (Å²) in [5.41, 5.74) is 0.0330. The normalized spacial score (nSPS) is 27.8. The van der Waals surface area contributed by atoms with Crippen LogP contribution in [-0.4, -0.2) is 17.7 Å². The predicted octanol–water partition coefficient (Wildman–Crippen LogP) is 4.51. The Bertz CT molecular complexity index is 544. The van der Waals surface area contributed by atoms with Crippen LogP contribution < -0.4 is 4.74 Å². The van der Waals surface area contributed by atoms with Crippen LogP contribution in [0, 0.1) is 17.8 Å². The monoisotopic (exact) mass is 314 g/mol. The number of hydrogen-bond acceptors (Lipinski definition) is 2. The molecule has 2 aliphatic carbocycles. The zero-order valence-corrected chi connectivity index (χ0v) is 12.5. The van der Waals surface area contributed by atoms with Crippen LogP contribution in [-0.2, 0) is 0 Å². The SMILES string of the molecule is O=C(O)c1cc(Cl)cc(Cl)c1OCC1CC2CCC1C2. The van der Waals surface area contributed by atoms with Crippen molar-refractivity contribution in [3.05, 3.63) is 27.7 Å². The van der Waals surface area contributed by atoms with Gasteiger partial charge in [0.25, 0.3) is 0 Å². The van der Waals surface area contributed by atoms with Crippen molar-refractivity contribution in [1.29, 1.82) is 0 Å². The van der Waals surface area contributed by atoms with Crippen molar-refractivity contribution in [2.24, 2.45) is 17.8 Å². The lowest BCUT2D eigenvalue weighted by Gasteiger charge is -2.22. The molecule has 2 saturated carbocycles. The summed E-state index contributed by atoms with van der Waals surface area (Å²) < 4.78 is 5.75. The minimum atomic E-state index is -1.07. The maximum absolute atomic E-state index is 11.3. The Morgan fingerprint density at radius 1 is 1.30 bits per heavy atom. The Balaban J connectivity index is 1.75. The Hall–Kier alpha value is -0.930. The molecule has 2 bridgehead atoms. The molecule has 3 nitrogen and oxygen atoms in total. The first kappa shape index (κ1) is 14.0. The highest BCUT2D eigenvalue weighted by Crippen LogP contribution is 2.48. The third-order valence-corrected chi connectivity index (χ3v) is 5.06. The summed E-state index contributed by atoms with van der Waals surface area (Å²) in [5.74, 6) is 1.28. The van der Waals surface area contributed by atoms with E-state index in [2.05, 4.69) is 0 Å². The Kier molecular flexibility index (Phi) is 3.83. The summed E-state index contributed by atoms with van der Waals surface area (Å²) in [6.07, 6.45) is 5.11. The zero-order valence-electron chi connectivity index (χ0n) is 10.9. The number of rotatable bonds is 4. The number of aromatic carboxylic acids is 1. The van der Waals surface area contributed by atoms with Gasteiger partial charge in [-0.05, 0) is 49.1 Å². The first-order valence-corrected chi connectivity index (χ1v) is 7.65. The molecule has 2 fully saturated rings. The molecule has 1 aromatic carbocycles. The van der Waals surface area contributed by atoms with Gasteiger partial charge in [-0.1, -0.05) is 29.6 Å². The van der Waals surface area contributed by atoms with Crippen LogP contribution in [0.5, 0.6) is 5.75 Å². The molecule has 0 amide bonds. The molecule has 1 N–H and O–H groups in total. The maximum atomic E-state index is 11.3. The van der Waals surface area contributed by atoms with E-state index in [1.165, 1.54) is 37.8 Å². The van der Waals surface area contributed by atoms with Crippen molar-refractivity contribution < 1.29 is 14.6 Å². The van der Waals surface area contributed by atoms with Crippen LogP contribution in [0.4, 0.5) is 0 Å². The van der Waals surface area contributed by atoms with Crippen molar-refractivity contribution >= 4 is 29.2 Å². The molecule has 0 aliphatic heterocycles. The van der Waals surface area contributed by atoms with Crippen molar-refractivity contribution in [2.45, 2.75) is 25.7 Å². The van der Waals surface area contributed by atoms with E-state index in [0.29, 0.717) is 17.5 Å². The molecule has 5 heteroatoms. The summed E-state index contributed by atoms with van der Waals surface area (Å²) in [5, 5.41) is 9.78. The molecule has 3 atom stereocenters. The zero-order chi connectivity index (χ0) is 14.3. The molecular formula is C15H16Cl2O3. The molecule has 0 radical (unpaired) electrons. The van der Waals surface area contributed by atoms with Gasteiger partial charge < -0.3 is 9.84 Å². The average Bonchev–Trinajstić information content (AvgIpc) is 2.98. The number of carboxylic acid groups (broad SMARTS) is 1. The fourth-order valence-corrected chi connectivity index (χ4v) is 4.18. The van der Waals surface area contributed by atoms with Crippen molar-refractivity contribution in [1.82, 2.24) is 0 Å². The second kappa shape index (κ2) is 5.45. The fraction of sp³-hybridized carbons (Fsp3) is 0.533. The number of halogens is 2. The van der Waals surface area contributed by atoms with Crippen LogP contribution in [0.15, 0.2) is 12.1 Å². The van der Waals surface area contributed by atoms with Gasteiger partial charge in [0, 0.05) is 5.02 Å². The highest BCUT2D eigenvalue weighted by Gasteiger charge is 2.39. The van der Waals surface area contributed by atoms with Gasteiger partial charge in [0.15, 0.2) is 5.75 Å². The predicted molar refractivity (Wildman–Crippen MR) is 77.9 cm³/mol. The Morgan fingerprint density at radius 2 is 2.10 bits per heavy atom. The number of benzene rings is 1. The summed E-state index contributed by atoms with van der Waals surface area (Å²) in [6.45, 7) is 0.544. The molecule has 3 rings (SSSR count). The Morgan fingerprint density at radius 3 is 2.70 bits per heavy atom. The second-order valence-corrected chi connectivity index (χ2v) is 6.66. The molecule has 0 saturated heterocycles. The van der Waals surface area contributed by atoms with E-state index in [4.69, 9.17) is 27.9 Å². The fourth-order valence-electron chi connectivity index (χ4n) is 3.64. The highest BCUT2D eigenvalue weighted by molar-refractivity contribution is 6.36. The van der Waals surface area contributed by atoms with Crippen LogP contribution >= 0.6 is 23.2 Å². The summed E-state index contributed by atoms with van der Waals surface area (Å²) in [7, 11) is 0. The molecule has 20 heavy (non-hydrogen) atoms. The quantitative estimate of drug-likeness (QED) is 0.889. The largest absolute Gasteiger partial charge is 0.491 e. The maximum Gasteiger partial charge on any atom is 0.339 e. The topological polar surface area (TPSA) is 46.5 Å². The first-order valence-electron chi connectivity index (χ1n) is 6.89. The van der Waals surface area contributed by atoms with E-state index >= 15 is 0 Å². The number of fused-ring (bicyclic) bond motifs is 2. The smallest absolute Gasteiger partial charge is 0.339 e. The molecule has 2 aliphatic rings. The second-order valence-electron chi connectivity index (χ2n) is 5.82. The Labute approximate surface area is 127 Å². The van der Waals surface area contributed by atoms with Crippen molar-refractivity contribution in [3.8, 4) is 5.75 Å². The molecule has 0 aromatic heterocycles. The molecular weight excluding hydrogens is 299 g/mol. The van der Waals surface area contributed by atoms with Gasteiger partial charge in [-0.2, -0.15) is 0 Å². The van der Waals surface area contributed by atoms with Crippen LogP contribution in [0.2, 0.25) is 10.0 Å². The number of carbonyl (C=O) groups is 1. The van der Waals surface area contributed by atoms with Gasteiger partial charge in [-0.25, -0.2) is 4.79 Å². The lowest BCUT2D eigenvalue weighted by Crippen LogP contribution is -2.19. The van der Waals surface area contributed by atoms with E-state index in [1.54, 1.807) is 0 Å². The van der Waals surface area contributed by atoms with Crippen LogP contribution in [0.3, 0.4) is 0 Å². The molecule has 0 heterocycles. The molecule has 1 aromatic rings. The average molecular weight is 315 g/mol. The highest BCUT2D eigenvalue weighted by atomic mass is 35.5. The van der Waals surface area contributed by atoms with Gasteiger partial charge >= 0.3 is 5.97 Å². The molecule has 108 valence electrons.